The average molecular weight is 284 g/mol. The highest BCUT2D eigenvalue weighted by molar-refractivity contribution is 6.30. The van der Waals surface area contributed by atoms with Crippen molar-refractivity contribution in [2.24, 2.45) is 0 Å². The molecular formula is C16H14ClN3. The minimum Gasteiger partial charge on any atom is -0.371 e. The van der Waals surface area contributed by atoms with E-state index in [-0.39, 0.29) is 5.57 Å². The second-order valence-corrected chi connectivity index (χ2v) is 4.99. The third-order valence-electron chi connectivity index (χ3n) is 3.24. The van der Waals surface area contributed by atoms with Crippen LogP contribution in [0.5, 0.6) is 0 Å². The van der Waals surface area contributed by atoms with Crippen LogP contribution in [0.2, 0.25) is 5.02 Å². The Hall–Kier alpha value is -2.23. The first-order valence-electron chi connectivity index (χ1n) is 6.47. The fraction of sp³-hybridized carbons (Fsp3) is 0.250. The van der Waals surface area contributed by atoms with Gasteiger partial charge in [0.25, 0.3) is 0 Å². The number of nitriles is 2. The molecule has 2 rings (SSSR count). The van der Waals surface area contributed by atoms with Crippen LogP contribution in [0.15, 0.2) is 42.0 Å². The molecule has 0 N–H and O–H groups in total. The van der Waals surface area contributed by atoms with Crippen LogP contribution in [0.1, 0.15) is 18.4 Å². The van der Waals surface area contributed by atoms with E-state index in [0.29, 0.717) is 5.02 Å². The lowest BCUT2D eigenvalue weighted by Gasteiger charge is -2.21. The second kappa shape index (κ2) is 6.80. The van der Waals surface area contributed by atoms with E-state index in [1.165, 1.54) is 0 Å². The monoisotopic (exact) mass is 283 g/mol. The van der Waals surface area contributed by atoms with E-state index >= 15 is 0 Å². The van der Waals surface area contributed by atoms with Crippen molar-refractivity contribution in [2.45, 2.75) is 12.8 Å². The van der Waals surface area contributed by atoms with E-state index in [0.717, 1.165) is 37.2 Å². The smallest absolute Gasteiger partial charge is 0.129 e. The van der Waals surface area contributed by atoms with Crippen molar-refractivity contribution in [1.29, 1.82) is 10.5 Å². The van der Waals surface area contributed by atoms with Crippen molar-refractivity contribution in [1.82, 2.24) is 4.90 Å². The van der Waals surface area contributed by atoms with Crippen LogP contribution in [0, 0.1) is 22.7 Å². The van der Waals surface area contributed by atoms with Crippen molar-refractivity contribution in [3.8, 4) is 12.1 Å². The summed E-state index contributed by atoms with van der Waals surface area (Å²) in [6, 6.07) is 11.4. The number of hydrogen-bond acceptors (Lipinski definition) is 3. The summed E-state index contributed by atoms with van der Waals surface area (Å²) in [5, 5.41) is 18.3. The van der Waals surface area contributed by atoms with Gasteiger partial charge >= 0.3 is 0 Å². The highest BCUT2D eigenvalue weighted by Gasteiger charge is 2.15. The summed E-state index contributed by atoms with van der Waals surface area (Å²) in [5.74, 6) is 0. The quantitative estimate of drug-likeness (QED) is 0.627. The third kappa shape index (κ3) is 3.41. The van der Waals surface area contributed by atoms with E-state index < -0.39 is 0 Å². The van der Waals surface area contributed by atoms with Gasteiger partial charge in [-0.2, -0.15) is 10.5 Å². The zero-order valence-electron chi connectivity index (χ0n) is 11.0. The Morgan fingerprint density at radius 1 is 1.05 bits per heavy atom. The molecule has 0 radical (unpaired) electrons. The molecule has 0 saturated carbocycles. The summed E-state index contributed by atoms with van der Waals surface area (Å²) in [7, 11) is 0. The van der Waals surface area contributed by atoms with Crippen LogP contribution < -0.4 is 0 Å². The molecule has 1 saturated heterocycles. The molecule has 1 aliphatic heterocycles. The predicted octanol–water partition coefficient (Wildman–Crippen LogP) is 3.75. The van der Waals surface area contributed by atoms with E-state index in [2.05, 4.69) is 4.90 Å². The van der Waals surface area contributed by atoms with Crippen molar-refractivity contribution in [3.63, 3.8) is 0 Å². The van der Waals surface area contributed by atoms with Crippen molar-refractivity contribution in [3.05, 3.63) is 52.6 Å². The molecule has 4 heteroatoms. The molecular weight excluding hydrogens is 270 g/mol. The van der Waals surface area contributed by atoms with Crippen LogP contribution in [0.4, 0.5) is 0 Å². The van der Waals surface area contributed by atoms with E-state index in [9.17, 15) is 0 Å². The van der Waals surface area contributed by atoms with Gasteiger partial charge in [-0.25, -0.2) is 0 Å². The summed E-state index contributed by atoms with van der Waals surface area (Å²) < 4.78 is 0. The first-order valence-corrected chi connectivity index (χ1v) is 6.85. The lowest BCUT2D eigenvalue weighted by atomic mass is 10.1. The Labute approximate surface area is 124 Å². The first kappa shape index (κ1) is 14.2. The van der Waals surface area contributed by atoms with Crippen LogP contribution in [0.25, 0.3) is 5.70 Å². The molecule has 0 aliphatic carbocycles. The highest BCUT2D eigenvalue weighted by atomic mass is 35.5. The first-order chi connectivity index (χ1) is 9.74. The Kier molecular flexibility index (Phi) is 4.82. The fourth-order valence-electron chi connectivity index (χ4n) is 2.22. The zero-order valence-corrected chi connectivity index (χ0v) is 11.8. The van der Waals surface area contributed by atoms with Gasteiger partial charge in [0.1, 0.15) is 17.7 Å². The molecule has 1 heterocycles. The summed E-state index contributed by atoms with van der Waals surface area (Å²) in [6.45, 7) is 1.99. The van der Waals surface area contributed by atoms with Gasteiger partial charge in [0, 0.05) is 23.8 Å². The summed E-state index contributed by atoms with van der Waals surface area (Å²) in [6.07, 6.45) is 5.74. The Balaban J connectivity index is 2.37. The molecule has 0 amide bonds. The van der Waals surface area contributed by atoms with Crippen LogP contribution in [-0.4, -0.2) is 18.0 Å². The minimum atomic E-state index is 0.107. The predicted molar refractivity (Wildman–Crippen MR) is 79.5 cm³/mol. The number of hydrogen-bond donors (Lipinski definition) is 0. The molecule has 3 nitrogen and oxygen atoms in total. The SMILES string of the molecule is N#CC(C#N)=CC=C(c1ccc(Cl)cc1)N1CCCC1. The van der Waals surface area contributed by atoms with Crippen LogP contribution >= 0.6 is 11.6 Å². The van der Waals surface area contributed by atoms with Gasteiger partial charge in [-0.05, 0) is 42.7 Å². The fourth-order valence-corrected chi connectivity index (χ4v) is 2.35. The number of rotatable bonds is 3. The van der Waals surface area contributed by atoms with Gasteiger partial charge in [0.2, 0.25) is 0 Å². The standard InChI is InChI=1S/C16H14ClN3/c17-15-6-4-14(5-7-15)16(20-9-1-2-10-20)8-3-13(11-18)12-19/h3-8H,1-2,9-10H2. The largest absolute Gasteiger partial charge is 0.371 e. The lowest BCUT2D eigenvalue weighted by Crippen LogP contribution is -2.17. The number of likely N-dealkylation sites (tertiary alicyclic amines) is 1. The Bertz CT molecular complexity index is 593. The maximum absolute atomic E-state index is 8.81. The van der Waals surface area contributed by atoms with Gasteiger partial charge in [-0.15, -0.1) is 0 Å². The Morgan fingerprint density at radius 3 is 2.20 bits per heavy atom. The normalized spacial score (nSPS) is 14.6. The molecule has 20 heavy (non-hydrogen) atoms. The van der Waals surface area contributed by atoms with Gasteiger partial charge in [-0.1, -0.05) is 23.7 Å². The number of halogens is 1. The lowest BCUT2D eigenvalue weighted by molar-refractivity contribution is 0.493. The molecule has 1 aliphatic rings. The van der Waals surface area contributed by atoms with E-state index in [1.807, 2.05) is 42.5 Å². The molecule has 0 aromatic heterocycles. The Morgan fingerprint density at radius 2 is 1.65 bits per heavy atom. The third-order valence-corrected chi connectivity index (χ3v) is 3.49. The van der Waals surface area contributed by atoms with Gasteiger partial charge < -0.3 is 4.90 Å². The second-order valence-electron chi connectivity index (χ2n) is 4.56. The van der Waals surface area contributed by atoms with Crippen molar-refractivity contribution < 1.29 is 0 Å². The molecule has 1 aromatic carbocycles. The maximum Gasteiger partial charge on any atom is 0.129 e. The van der Waals surface area contributed by atoms with Crippen LogP contribution in [0.3, 0.4) is 0 Å². The maximum atomic E-state index is 8.81. The number of benzene rings is 1. The van der Waals surface area contributed by atoms with Crippen molar-refractivity contribution in [2.75, 3.05) is 13.1 Å². The van der Waals surface area contributed by atoms with E-state index in [1.54, 1.807) is 6.08 Å². The van der Waals surface area contributed by atoms with Gasteiger partial charge in [0.05, 0.1) is 0 Å². The molecule has 0 spiro atoms. The number of allylic oxidation sites excluding steroid dienone is 3. The van der Waals surface area contributed by atoms with Gasteiger partial charge in [0.15, 0.2) is 0 Å². The molecule has 1 aromatic rings. The molecule has 100 valence electrons. The molecule has 1 fully saturated rings. The zero-order chi connectivity index (χ0) is 14.4. The minimum absolute atomic E-state index is 0.107. The van der Waals surface area contributed by atoms with E-state index in [4.69, 9.17) is 22.1 Å². The summed E-state index contributed by atoms with van der Waals surface area (Å²) in [5.41, 5.74) is 2.18. The topological polar surface area (TPSA) is 50.8 Å². The summed E-state index contributed by atoms with van der Waals surface area (Å²) >= 11 is 5.92. The van der Waals surface area contributed by atoms with Crippen LogP contribution in [-0.2, 0) is 0 Å². The highest BCUT2D eigenvalue weighted by Crippen LogP contribution is 2.25. The average Bonchev–Trinajstić information content (AvgIpc) is 2.99. The molecule has 0 atom stereocenters. The summed E-state index contributed by atoms with van der Waals surface area (Å²) in [4.78, 5) is 2.27. The number of nitrogens with zero attached hydrogens (tertiary/aromatic N) is 3. The molecule has 0 unspecified atom stereocenters. The van der Waals surface area contributed by atoms with Crippen molar-refractivity contribution >= 4 is 17.3 Å². The van der Waals surface area contributed by atoms with Gasteiger partial charge in [-0.3, -0.25) is 0 Å². The molecule has 0 bridgehead atoms.